The molecule has 10 aromatic carbocycles. The molecule has 0 spiro atoms. The second kappa shape index (κ2) is 17.3. The maximum atomic E-state index is 7.23. The Labute approximate surface area is 406 Å². The van der Waals surface area contributed by atoms with Gasteiger partial charge in [0.05, 0.1) is 22.4 Å². The van der Waals surface area contributed by atoms with Gasteiger partial charge in [0.1, 0.15) is 5.58 Å². The van der Waals surface area contributed by atoms with Crippen LogP contribution >= 0.6 is 0 Å². The van der Waals surface area contributed by atoms with Crippen LogP contribution in [0.15, 0.2) is 278 Å². The first kappa shape index (κ1) is 40.8. The molecule has 5 heteroatoms. The summed E-state index contributed by atoms with van der Waals surface area (Å²) in [7, 11) is 0. The lowest BCUT2D eigenvalue weighted by atomic mass is 10.0. The molecule has 3 aromatic heterocycles. The lowest BCUT2D eigenvalue weighted by molar-refractivity contribution is -0.595. The Balaban J connectivity index is 1.02. The summed E-state index contributed by atoms with van der Waals surface area (Å²) in [6.07, 6.45) is 4.27. The molecule has 3 heterocycles. The zero-order chi connectivity index (χ0) is 46.4. The van der Waals surface area contributed by atoms with Crippen molar-refractivity contribution in [3.8, 4) is 33.6 Å². The Morgan fingerprint density at radius 2 is 0.843 bits per heavy atom. The zero-order valence-electron chi connectivity index (χ0n) is 38.2. The third kappa shape index (κ3) is 7.25. The normalized spacial score (nSPS) is 11.4. The van der Waals surface area contributed by atoms with Gasteiger partial charge in [-0.1, -0.05) is 152 Å². The van der Waals surface area contributed by atoms with Crippen LogP contribution in [0.25, 0.3) is 77.4 Å². The van der Waals surface area contributed by atoms with Crippen molar-refractivity contribution in [3.63, 3.8) is 0 Å². The van der Waals surface area contributed by atoms with E-state index in [0.717, 1.165) is 89.6 Å². The average Bonchev–Trinajstić information content (AvgIpc) is 3.98. The first-order chi connectivity index (χ1) is 34.7. The summed E-state index contributed by atoms with van der Waals surface area (Å²) in [4.78, 5) is 4.67. The standard InChI is InChI=1S/C65H45N4O/c1-6-18-46(19-7-1)47-30-34-54(35-31-47)68(52-24-12-4-13-25-52)63-45-56(67(51-22-10-3-11-23-51)55-38-40-66(41-39-55)50-20-8-2-9-21-50)44-60-59-37-33-49(43-64(59)70-65(60)63)48-32-36-58-57-28-16-17-29-61(57)69(62(58)42-48)53-26-14-5-15-27-53/h1-45H/q+1. The molecule has 0 atom stereocenters. The quantitative estimate of drug-likeness (QED) is 0.128. The summed E-state index contributed by atoms with van der Waals surface area (Å²) >= 11 is 0. The van der Waals surface area contributed by atoms with Crippen LogP contribution in [-0.4, -0.2) is 4.57 Å². The van der Waals surface area contributed by atoms with Gasteiger partial charge >= 0.3 is 0 Å². The molecule has 0 N–H and O–H groups in total. The average molecular weight is 898 g/mol. The summed E-state index contributed by atoms with van der Waals surface area (Å²) in [5.74, 6) is 0. The number of para-hydroxylation sites is 5. The van der Waals surface area contributed by atoms with Crippen LogP contribution in [0.5, 0.6) is 0 Å². The Morgan fingerprint density at radius 1 is 0.329 bits per heavy atom. The number of hydrogen-bond donors (Lipinski definition) is 0. The SMILES string of the molecule is c1ccc(-c2ccc(N(c3ccccc3)c3cc(N(c4ccccc4)c4cc[n+](-c5ccccc5)cc4)cc4c3oc3cc(-c5ccc6c7ccccc7n(-c7ccccc7)c6c5)ccc34)cc2)cc1. The number of fused-ring (bicyclic) bond motifs is 6. The highest BCUT2D eigenvalue weighted by molar-refractivity contribution is 6.14. The van der Waals surface area contributed by atoms with Gasteiger partial charge < -0.3 is 18.8 Å². The zero-order valence-corrected chi connectivity index (χ0v) is 38.2. The Hall–Kier alpha value is -9.45. The molecule has 0 unspecified atom stereocenters. The minimum absolute atomic E-state index is 0.800. The van der Waals surface area contributed by atoms with Crippen molar-refractivity contribution < 1.29 is 8.98 Å². The smallest absolute Gasteiger partial charge is 0.210 e. The number of anilines is 6. The molecule has 13 aromatic rings. The largest absolute Gasteiger partial charge is 0.454 e. The van der Waals surface area contributed by atoms with Crippen molar-refractivity contribution in [3.05, 3.63) is 273 Å². The molecule has 0 radical (unpaired) electrons. The highest BCUT2D eigenvalue weighted by Crippen LogP contribution is 2.48. The molecule has 0 aliphatic heterocycles. The Morgan fingerprint density at radius 3 is 1.54 bits per heavy atom. The number of rotatable bonds is 10. The van der Waals surface area contributed by atoms with Crippen LogP contribution in [0.4, 0.5) is 34.1 Å². The van der Waals surface area contributed by atoms with Gasteiger partial charge in [-0.15, -0.1) is 0 Å². The van der Waals surface area contributed by atoms with Gasteiger partial charge in [0.15, 0.2) is 18.0 Å². The van der Waals surface area contributed by atoms with Crippen LogP contribution in [0.2, 0.25) is 0 Å². The number of pyridine rings is 1. The fourth-order valence-corrected chi connectivity index (χ4v) is 10.1. The van der Waals surface area contributed by atoms with E-state index in [4.69, 9.17) is 4.42 Å². The van der Waals surface area contributed by atoms with Gasteiger partial charge in [0.2, 0.25) is 5.69 Å². The van der Waals surface area contributed by atoms with Gasteiger partial charge in [-0.05, 0) is 107 Å². The third-order valence-corrected chi connectivity index (χ3v) is 13.4. The third-order valence-electron chi connectivity index (χ3n) is 13.4. The lowest BCUT2D eigenvalue weighted by Crippen LogP contribution is -2.29. The second-order valence-electron chi connectivity index (χ2n) is 17.6. The van der Waals surface area contributed by atoms with Crippen molar-refractivity contribution in [2.75, 3.05) is 9.80 Å². The molecule has 330 valence electrons. The summed E-state index contributed by atoms with van der Waals surface area (Å²) in [5.41, 5.74) is 16.8. The van der Waals surface area contributed by atoms with Gasteiger partial charge in [-0.3, -0.25) is 0 Å². The van der Waals surface area contributed by atoms with Gasteiger partial charge in [-0.2, -0.15) is 4.57 Å². The summed E-state index contributed by atoms with van der Waals surface area (Å²) in [6, 6.07) is 92.9. The molecule has 13 rings (SSSR count). The minimum Gasteiger partial charge on any atom is -0.454 e. The van der Waals surface area contributed by atoms with E-state index >= 15 is 0 Å². The van der Waals surface area contributed by atoms with Gasteiger partial charge in [0, 0.05) is 74.2 Å². The number of hydrogen-bond acceptors (Lipinski definition) is 3. The van der Waals surface area contributed by atoms with Crippen LogP contribution in [0, 0.1) is 0 Å². The van der Waals surface area contributed by atoms with E-state index < -0.39 is 0 Å². The van der Waals surface area contributed by atoms with Crippen LogP contribution in [0.3, 0.4) is 0 Å². The van der Waals surface area contributed by atoms with E-state index in [9.17, 15) is 0 Å². The van der Waals surface area contributed by atoms with E-state index in [-0.39, 0.29) is 0 Å². The molecule has 5 nitrogen and oxygen atoms in total. The molecular formula is C65H45N4O+. The predicted molar refractivity (Wildman–Crippen MR) is 290 cm³/mol. The maximum Gasteiger partial charge on any atom is 0.210 e. The molecular weight excluding hydrogens is 853 g/mol. The number of nitrogens with zero attached hydrogens (tertiary/aromatic N) is 4. The summed E-state index contributed by atoms with van der Waals surface area (Å²) < 4.78 is 11.8. The first-order valence-corrected chi connectivity index (χ1v) is 23.7. The molecule has 0 saturated carbocycles. The van der Waals surface area contributed by atoms with E-state index in [0.29, 0.717) is 0 Å². The molecule has 0 fully saturated rings. The molecule has 0 aliphatic rings. The highest BCUT2D eigenvalue weighted by Gasteiger charge is 2.25. The number of benzene rings is 10. The molecule has 0 bridgehead atoms. The fraction of sp³-hybridized carbons (Fsp3) is 0. The summed E-state index contributed by atoms with van der Waals surface area (Å²) in [6.45, 7) is 0. The Bertz CT molecular complexity index is 3960. The summed E-state index contributed by atoms with van der Waals surface area (Å²) in [5, 5.41) is 4.51. The van der Waals surface area contributed by atoms with Crippen molar-refractivity contribution in [1.82, 2.24) is 4.57 Å². The van der Waals surface area contributed by atoms with E-state index in [1.807, 2.05) is 6.07 Å². The second-order valence-corrected chi connectivity index (χ2v) is 17.6. The van der Waals surface area contributed by atoms with Crippen LogP contribution in [0.1, 0.15) is 0 Å². The van der Waals surface area contributed by atoms with Crippen molar-refractivity contribution in [2.45, 2.75) is 0 Å². The monoisotopic (exact) mass is 897 g/mol. The van der Waals surface area contributed by atoms with Crippen molar-refractivity contribution in [2.24, 2.45) is 0 Å². The molecule has 0 amide bonds. The molecule has 70 heavy (non-hydrogen) atoms. The lowest BCUT2D eigenvalue weighted by Gasteiger charge is -2.29. The van der Waals surface area contributed by atoms with E-state index in [1.165, 1.54) is 21.9 Å². The molecule has 0 saturated heterocycles. The van der Waals surface area contributed by atoms with Gasteiger partial charge in [0.25, 0.3) is 0 Å². The van der Waals surface area contributed by atoms with Crippen molar-refractivity contribution in [1.29, 1.82) is 0 Å². The maximum absolute atomic E-state index is 7.23. The van der Waals surface area contributed by atoms with Gasteiger partial charge in [-0.25, -0.2) is 0 Å². The van der Waals surface area contributed by atoms with Crippen molar-refractivity contribution >= 4 is 77.9 Å². The van der Waals surface area contributed by atoms with Crippen LogP contribution in [-0.2, 0) is 0 Å². The minimum atomic E-state index is 0.800. The van der Waals surface area contributed by atoms with E-state index in [2.05, 4.69) is 286 Å². The fourth-order valence-electron chi connectivity index (χ4n) is 10.1. The van der Waals surface area contributed by atoms with E-state index in [1.54, 1.807) is 0 Å². The Kier molecular flexibility index (Phi) is 10.1. The topological polar surface area (TPSA) is 28.4 Å². The number of furan rings is 1. The highest BCUT2D eigenvalue weighted by atomic mass is 16.3. The predicted octanol–water partition coefficient (Wildman–Crippen LogP) is 17.2. The molecule has 0 aliphatic carbocycles. The first-order valence-electron chi connectivity index (χ1n) is 23.7. The number of aromatic nitrogens is 2. The van der Waals surface area contributed by atoms with Crippen LogP contribution < -0.4 is 14.4 Å².